The van der Waals surface area contributed by atoms with Crippen LogP contribution in [-0.2, 0) is 10.8 Å². The molecular formula is C25H22ClO4-. The molecule has 0 fully saturated rings. The van der Waals surface area contributed by atoms with Gasteiger partial charge in [-0.25, -0.2) is 0 Å². The maximum atomic E-state index is 13.4. The first-order chi connectivity index (χ1) is 13.9. The maximum absolute atomic E-state index is 13.4. The summed E-state index contributed by atoms with van der Waals surface area (Å²) in [7, 11) is 0. The fourth-order valence-electron chi connectivity index (χ4n) is 4.49. The highest BCUT2D eigenvalue weighted by molar-refractivity contribution is 6.56. The van der Waals surface area contributed by atoms with Crippen LogP contribution in [0.1, 0.15) is 88.3 Å². The van der Waals surface area contributed by atoms with Crippen LogP contribution >= 0.6 is 11.6 Å². The Morgan fingerprint density at radius 1 is 0.867 bits per heavy atom. The number of benzene rings is 2. The average molecular weight is 422 g/mol. The normalized spacial score (nSPS) is 19.4. The minimum atomic E-state index is -1.31. The monoisotopic (exact) mass is 421 g/mol. The van der Waals surface area contributed by atoms with Gasteiger partial charge in [-0.3, -0.25) is 9.59 Å². The molecule has 4 nitrogen and oxygen atoms in total. The zero-order valence-corrected chi connectivity index (χ0v) is 18.1. The lowest BCUT2D eigenvalue weighted by molar-refractivity contribution is -0.255. The molecule has 4 rings (SSSR count). The zero-order chi connectivity index (χ0) is 22.0. The smallest absolute Gasteiger partial charge is 0.205 e. The van der Waals surface area contributed by atoms with Crippen molar-refractivity contribution in [2.24, 2.45) is 0 Å². The number of carboxylic acid groups (broad SMARTS) is 1. The third kappa shape index (κ3) is 3.02. The fraction of sp³-hybridized carbons (Fsp3) is 0.320. The Labute approximate surface area is 180 Å². The highest BCUT2D eigenvalue weighted by Gasteiger charge is 2.41. The molecular weight excluding hydrogens is 400 g/mol. The lowest BCUT2D eigenvalue weighted by Gasteiger charge is -2.42. The van der Waals surface area contributed by atoms with E-state index in [1.165, 1.54) is 24.3 Å². The summed E-state index contributed by atoms with van der Waals surface area (Å²) >= 11 is 6.38. The molecule has 0 amide bonds. The Morgan fingerprint density at radius 2 is 1.33 bits per heavy atom. The number of fused-ring (bicyclic) bond motifs is 2. The number of hydrogen-bond donors (Lipinski definition) is 0. The summed E-state index contributed by atoms with van der Waals surface area (Å²) in [5.74, 6) is -2.01. The van der Waals surface area contributed by atoms with E-state index in [9.17, 15) is 19.5 Å². The van der Waals surface area contributed by atoms with Crippen molar-refractivity contribution in [1.82, 2.24) is 0 Å². The summed E-state index contributed by atoms with van der Waals surface area (Å²) in [6.45, 7) is 8.63. The topological polar surface area (TPSA) is 74.3 Å². The number of rotatable bonds is 2. The minimum Gasteiger partial charge on any atom is -0.545 e. The number of carboxylic acids is 1. The molecule has 0 atom stereocenters. The van der Waals surface area contributed by atoms with E-state index in [-0.39, 0.29) is 38.6 Å². The molecule has 2 aromatic rings. The number of allylic oxidation sites excluding steroid dienone is 2. The van der Waals surface area contributed by atoms with Gasteiger partial charge in [-0.15, -0.1) is 0 Å². The van der Waals surface area contributed by atoms with Crippen molar-refractivity contribution in [1.29, 1.82) is 0 Å². The summed E-state index contributed by atoms with van der Waals surface area (Å²) in [5, 5.41) is 10.9. The van der Waals surface area contributed by atoms with Gasteiger partial charge in [0.05, 0.1) is 11.5 Å². The summed E-state index contributed by atoms with van der Waals surface area (Å²) < 4.78 is 0. The van der Waals surface area contributed by atoms with Crippen molar-refractivity contribution >= 4 is 34.7 Å². The van der Waals surface area contributed by atoms with Crippen LogP contribution < -0.4 is 5.11 Å². The average Bonchev–Trinajstić information content (AvgIpc) is 2.69. The zero-order valence-electron chi connectivity index (χ0n) is 17.4. The molecule has 2 aliphatic carbocycles. The molecule has 0 spiro atoms. The molecule has 0 radical (unpaired) electrons. The molecule has 5 heteroatoms. The third-order valence-electron chi connectivity index (χ3n) is 6.54. The van der Waals surface area contributed by atoms with Crippen molar-refractivity contribution in [2.75, 3.05) is 0 Å². The van der Waals surface area contributed by atoms with Gasteiger partial charge in [-0.05, 0) is 58.1 Å². The predicted molar refractivity (Wildman–Crippen MR) is 114 cm³/mol. The second-order valence-electron chi connectivity index (χ2n) is 9.42. The van der Waals surface area contributed by atoms with Gasteiger partial charge in [0.1, 0.15) is 5.03 Å². The number of halogens is 1. The van der Waals surface area contributed by atoms with Crippen molar-refractivity contribution in [2.45, 2.75) is 51.4 Å². The Kier molecular flexibility index (Phi) is 4.55. The number of Topliss-reactive ketones (excluding diaryl/α,β-unsaturated/α-hetero) is 2. The molecule has 154 valence electrons. The van der Waals surface area contributed by atoms with E-state index in [1.54, 1.807) is 0 Å². The summed E-state index contributed by atoms with van der Waals surface area (Å²) in [6, 6.07) is 9.35. The molecule has 0 saturated heterocycles. The highest BCUT2D eigenvalue weighted by Crippen LogP contribution is 2.48. The lowest BCUT2D eigenvalue weighted by atomic mass is 9.62. The first-order valence-corrected chi connectivity index (χ1v) is 10.3. The Morgan fingerprint density at radius 3 is 1.80 bits per heavy atom. The molecule has 0 saturated carbocycles. The standard InChI is InChI=1S/C25H23ClO4/c1-24(2)9-10-25(3,4)18-12-16-15(11-17(18)24)21(27)19(20(26)22(16)28)13-5-7-14(8-6-13)23(29)30/h5-8,11-12H,9-10H2,1-4H3,(H,29,30)/p-1. The van der Waals surface area contributed by atoms with Crippen molar-refractivity contribution in [3.05, 3.63) is 74.8 Å². The highest BCUT2D eigenvalue weighted by atomic mass is 35.5. The van der Waals surface area contributed by atoms with Gasteiger partial charge in [0.2, 0.25) is 5.78 Å². The first-order valence-electron chi connectivity index (χ1n) is 9.94. The van der Waals surface area contributed by atoms with Crippen molar-refractivity contribution in [3.8, 4) is 0 Å². The van der Waals surface area contributed by atoms with Gasteiger partial charge in [0.15, 0.2) is 5.78 Å². The Bertz CT molecular complexity index is 1150. The summed E-state index contributed by atoms with van der Waals surface area (Å²) in [6.07, 6.45) is 1.98. The fourth-order valence-corrected chi connectivity index (χ4v) is 4.78. The molecule has 0 heterocycles. The number of hydrogen-bond acceptors (Lipinski definition) is 4. The molecule has 0 aliphatic heterocycles. The lowest BCUT2D eigenvalue weighted by Crippen LogP contribution is -2.35. The van der Waals surface area contributed by atoms with E-state index in [4.69, 9.17) is 11.6 Å². The van der Waals surface area contributed by atoms with Gasteiger partial charge in [-0.2, -0.15) is 0 Å². The van der Waals surface area contributed by atoms with E-state index < -0.39 is 5.97 Å². The molecule has 0 bridgehead atoms. The van der Waals surface area contributed by atoms with E-state index in [0.717, 1.165) is 24.0 Å². The Hall–Kier alpha value is -2.72. The van der Waals surface area contributed by atoms with E-state index in [0.29, 0.717) is 16.7 Å². The summed E-state index contributed by atoms with van der Waals surface area (Å²) in [5.41, 5.74) is 3.16. The molecule has 0 N–H and O–H groups in total. The second kappa shape index (κ2) is 6.64. The van der Waals surface area contributed by atoms with Crippen LogP contribution in [-0.4, -0.2) is 17.5 Å². The first kappa shape index (κ1) is 20.5. The van der Waals surface area contributed by atoms with Crippen LogP contribution in [0.4, 0.5) is 0 Å². The van der Waals surface area contributed by atoms with Crippen LogP contribution in [0.2, 0.25) is 0 Å². The van der Waals surface area contributed by atoms with Gasteiger partial charge in [0.25, 0.3) is 0 Å². The minimum absolute atomic E-state index is 0.0106. The van der Waals surface area contributed by atoms with Crippen LogP contribution in [0.5, 0.6) is 0 Å². The van der Waals surface area contributed by atoms with E-state index in [1.807, 2.05) is 12.1 Å². The van der Waals surface area contributed by atoms with Gasteiger partial charge in [0, 0.05) is 11.1 Å². The SMILES string of the molecule is CC1(C)CCC(C)(C)c2cc3c(cc21)C(=O)C(Cl)=C(c1ccc(C(=O)[O-])cc1)C3=O. The third-order valence-corrected chi connectivity index (χ3v) is 6.90. The number of carbonyl (C=O) groups excluding carboxylic acids is 3. The van der Waals surface area contributed by atoms with E-state index in [2.05, 4.69) is 27.7 Å². The van der Waals surface area contributed by atoms with Crippen molar-refractivity contribution in [3.63, 3.8) is 0 Å². The number of aromatic carboxylic acids is 1. The molecule has 30 heavy (non-hydrogen) atoms. The number of carbonyl (C=O) groups is 3. The van der Waals surface area contributed by atoms with Crippen molar-refractivity contribution < 1.29 is 19.5 Å². The second-order valence-corrected chi connectivity index (χ2v) is 9.80. The van der Waals surface area contributed by atoms with Gasteiger partial charge >= 0.3 is 0 Å². The molecule has 0 aromatic heterocycles. The summed E-state index contributed by atoms with van der Waals surface area (Å²) in [4.78, 5) is 37.6. The van der Waals surface area contributed by atoms with Crippen LogP contribution in [0.3, 0.4) is 0 Å². The predicted octanol–water partition coefficient (Wildman–Crippen LogP) is 4.43. The van der Waals surface area contributed by atoms with Gasteiger partial charge < -0.3 is 9.90 Å². The largest absolute Gasteiger partial charge is 0.545 e. The Balaban J connectivity index is 1.90. The van der Waals surface area contributed by atoms with Crippen LogP contribution in [0.25, 0.3) is 5.57 Å². The van der Waals surface area contributed by atoms with Gasteiger partial charge in [-0.1, -0.05) is 63.6 Å². The van der Waals surface area contributed by atoms with Crippen LogP contribution in [0.15, 0.2) is 41.4 Å². The molecule has 0 unspecified atom stereocenters. The van der Waals surface area contributed by atoms with E-state index >= 15 is 0 Å². The quantitative estimate of drug-likeness (QED) is 0.719. The molecule has 2 aromatic carbocycles. The molecule has 2 aliphatic rings. The van der Waals surface area contributed by atoms with Crippen LogP contribution in [0, 0.1) is 0 Å². The maximum Gasteiger partial charge on any atom is 0.205 e. The number of ketones is 2.